The van der Waals surface area contributed by atoms with Crippen LogP contribution in [-0.4, -0.2) is 41.5 Å². The second-order valence-corrected chi connectivity index (χ2v) is 8.16. The summed E-state index contributed by atoms with van der Waals surface area (Å²) in [6.45, 7) is 7.40. The number of esters is 2. The van der Waals surface area contributed by atoms with Crippen molar-refractivity contribution in [3.63, 3.8) is 0 Å². The highest BCUT2D eigenvalue weighted by atomic mass is 32.1. The first-order chi connectivity index (χ1) is 13.6. The van der Waals surface area contributed by atoms with Crippen LogP contribution in [0.4, 0.5) is 4.79 Å². The molecule has 2 atom stereocenters. The van der Waals surface area contributed by atoms with E-state index in [-0.39, 0.29) is 32.0 Å². The third-order valence-corrected chi connectivity index (χ3v) is 4.15. The van der Waals surface area contributed by atoms with E-state index in [9.17, 15) is 14.4 Å². The Morgan fingerprint density at radius 2 is 1.76 bits per heavy atom. The highest BCUT2D eigenvalue weighted by Crippen LogP contribution is 2.15. The molecule has 0 aromatic heterocycles. The lowest BCUT2D eigenvalue weighted by Crippen LogP contribution is -2.41. The SMILES string of the molecule is CCOC(=O)CCC(CC(S)C(=O)OCc1ccccc1)NC(=O)OC(C)(C)C. The summed E-state index contributed by atoms with van der Waals surface area (Å²) in [5.41, 5.74) is 0.206. The van der Waals surface area contributed by atoms with Crippen LogP contribution in [0.1, 0.15) is 52.5 Å². The lowest BCUT2D eigenvalue weighted by Gasteiger charge is -2.24. The molecule has 8 heteroatoms. The van der Waals surface area contributed by atoms with Crippen LogP contribution in [0.15, 0.2) is 30.3 Å². The summed E-state index contributed by atoms with van der Waals surface area (Å²) in [6.07, 6.45) is -0.0331. The van der Waals surface area contributed by atoms with Gasteiger partial charge in [-0.1, -0.05) is 30.3 Å². The van der Waals surface area contributed by atoms with Crippen molar-refractivity contribution in [3.05, 3.63) is 35.9 Å². The molecule has 7 nitrogen and oxygen atoms in total. The lowest BCUT2D eigenvalue weighted by molar-refractivity contribution is -0.144. The highest BCUT2D eigenvalue weighted by molar-refractivity contribution is 7.81. The number of carbonyl (C=O) groups is 3. The average molecular weight is 426 g/mol. The molecular formula is C21H31NO6S. The Morgan fingerprint density at radius 3 is 2.34 bits per heavy atom. The van der Waals surface area contributed by atoms with Gasteiger partial charge in [-0.2, -0.15) is 12.6 Å². The minimum absolute atomic E-state index is 0.105. The number of nitrogens with one attached hydrogen (secondary N) is 1. The molecule has 0 fully saturated rings. The second-order valence-electron chi connectivity index (χ2n) is 7.53. The van der Waals surface area contributed by atoms with E-state index in [1.54, 1.807) is 27.7 Å². The molecule has 0 saturated carbocycles. The van der Waals surface area contributed by atoms with Crippen molar-refractivity contribution in [2.75, 3.05) is 6.61 Å². The van der Waals surface area contributed by atoms with Crippen LogP contribution in [0.2, 0.25) is 0 Å². The second kappa shape index (κ2) is 12.4. The van der Waals surface area contributed by atoms with Crippen molar-refractivity contribution in [1.82, 2.24) is 5.32 Å². The van der Waals surface area contributed by atoms with Gasteiger partial charge in [0.25, 0.3) is 0 Å². The molecule has 2 unspecified atom stereocenters. The average Bonchev–Trinajstić information content (AvgIpc) is 2.63. The molecule has 1 N–H and O–H groups in total. The molecule has 1 amide bonds. The first-order valence-electron chi connectivity index (χ1n) is 9.64. The zero-order chi connectivity index (χ0) is 21.9. The minimum atomic E-state index is -0.763. The summed E-state index contributed by atoms with van der Waals surface area (Å²) < 4.78 is 15.5. The van der Waals surface area contributed by atoms with Gasteiger partial charge in [-0.15, -0.1) is 0 Å². The van der Waals surface area contributed by atoms with Crippen LogP contribution in [0, 0.1) is 0 Å². The van der Waals surface area contributed by atoms with Gasteiger partial charge in [0, 0.05) is 12.5 Å². The Bertz CT molecular complexity index is 659. The molecule has 0 aliphatic rings. The van der Waals surface area contributed by atoms with E-state index in [0.717, 1.165) is 5.56 Å². The summed E-state index contributed by atoms with van der Waals surface area (Å²) in [5, 5.41) is 1.94. The number of thiol groups is 1. The fraction of sp³-hybridized carbons (Fsp3) is 0.571. The zero-order valence-corrected chi connectivity index (χ0v) is 18.4. The molecule has 0 spiro atoms. The molecule has 0 aliphatic carbocycles. The zero-order valence-electron chi connectivity index (χ0n) is 17.5. The number of rotatable bonds is 10. The Morgan fingerprint density at radius 1 is 1.10 bits per heavy atom. The van der Waals surface area contributed by atoms with Crippen molar-refractivity contribution in [3.8, 4) is 0 Å². The third kappa shape index (κ3) is 11.4. The maximum atomic E-state index is 12.3. The van der Waals surface area contributed by atoms with Crippen LogP contribution < -0.4 is 5.32 Å². The van der Waals surface area contributed by atoms with Crippen molar-refractivity contribution in [1.29, 1.82) is 0 Å². The number of carbonyl (C=O) groups excluding carboxylic acids is 3. The Kier molecular flexibility index (Phi) is 10.6. The maximum absolute atomic E-state index is 12.3. The predicted molar refractivity (Wildman–Crippen MR) is 113 cm³/mol. The first-order valence-corrected chi connectivity index (χ1v) is 10.2. The Labute approximate surface area is 177 Å². The third-order valence-electron chi connectivity index (χ3n) is 3.73. The van der Waals surface area contributed by atoms with Gasteiger partial charge in [0.1, 0.15) is 17.5 Å². The largest absolute Gasteiger partial charge is 0.466 e. The van der Waals surface area contributed by atoms with E-state index in [4.69, 9.17) is 14.2 Å². The van der Waals surface area contributed by atoms with Crippen molar-refractivity contribution in [2.24, 2.45) is 0 Å². The van der Waals surface area contributed by atoms with E-state index in [1.807, 2.05) is 30.3 Å². The van der Waals surface area contributed by atoms with Gasteiger partial charge in [0.15, 0.2) is 0 Å². The number of alkyl carbamates (subject to hydrolysis) is 1. The summed E-state index contributed by atoms with van der Waals surface area (Å²) in [7, 11) is 0. The normalized spacial score (nSPS) is 13.1. The molecule has 0 saturated heterocycles. The van der Waals surface area contributed by atoms with Gasteiger partial charge in [-0.3, -0.25) is 9.59 Å². The minimum Gasteiger partial charge on any atom is -0.466 e. The van der Waals surface area contributed by atoms with Crippen molar-refractivity contribution in [2.45, 2.75) is 70.5 Å². The smallest absolute Gasteiger partial charge is 0.407 e. The van der Waals surface area contributed by atoms with Crippen LogP contribution >= 0.6 is 12.6 Å². The Hall–Kier alpha value is -2.22. The van der Waals surface area contributed by atoms with E-state index < -0.39 is 29.0 Å². The van der Waals surface area contributed by atoms with E-state index in [2.05, 4.69) is 17.9 Å². The van der Waals surface area contributed by atoms with Gasteiger partial charge >= 0.3 is 18.0 Å². The van der Waals surface area contributed by atoms with Crippen molar-refractivity contribution < 1.29 is 28.6 Å². The number of benzene rings is 1. The van der Waals surface area contributed by atoms with E-state index in [0.29, 0.717) is 6.42 Å². The quantitative estimate of drug-likeness (QED) is 0.338. The molecule has 0 aliphatic heterocycles. The number of ether oxygens (including phenoxy) is 3. The first kappa shape index (κ1) is 24.8. The van der Waals surface area contributed by atoms with Crippen LogP contribution in [-0.2, 0) is 30.4 Å². The number of amides is 1. The maximum Gasteiger partial charge on any atom is 0.407 e. The fourth-order valence-corrected chi connectivity index (χ4v) is 2.77. The molecule has 29 heavy (non-hydrogen) atoms. The van der Waals surface area contributed by atoms with Gasteiger partial charge < -0.3 is 19.5 Å². The van der Waals surface area contributed by atoms with E-state index in [1.165, 1.54) is 0 Å². The number of hydrogen-bond donors (Lipinski definition) is 2. The van der Waals surface area contributed by atoms with E-state index >= 15 is 0 Å². The summed E-state index contributed by atoms with van der Waals surface area (Å²) in [4.78, 5) is 36.0. The molecule has 1 rings (SSSR count). The molecule has 162 valence electrons. The summed E-state index contributed by atoms with van der Waals surface area (Å²) in [5.74, 6) is -0.866. The topological polar surface area (TPSA) is 90.9 Å². The van der Waals surface area contributed by atoms with Crippen LogP contribution in [0.3, 0.4) is 0 Å². The molecular weight excluding hydrogens is 394 g/mol. The molecule has 1 aromatic rings. The molecule has 0 radical (unpaired) electrons. The standard InChI is InChI=1S/C21H31NO6S/c1-5-26-18(23)12-11-16(22-20(25)28-21(2,3)4)13-17(29)19(24)27-14-15-9-7-6-8-10-15/h6-10,16-17,29H,5,11-14H2,1-4H3,(H,22,25). The highest BCUT2D eigenvalue weighted by Gasteiger charge is 2.25. The number of hydrogen-bond acceptors (Lipinski definition) is 7. The van der Waals surface area contributed by atoms with Gasteiger partial charge in [-0.25, -0.2) is 4.79 Å². The molecule has 0 bridgehead atoms. The Balaban J connectivity index is 2.63. The fourth-order valence-electron chi connectivity index (χ4n) is 2.44. The van der Waals surface area contributed by atoms with Gasteiger partial charge in [-0.05, 0) is 46.1 Å². The summed E-state index contributed by atoms with van der Waals surface area (Å²) >= 11 is 4.32. The molecule has 1 aromatic carbocycles. The summed E-state index contributed by atoms with van der Waals surface area (Å²) in [6, 6.07) is 8.80. The van der Waals surface area contributed by atoms with Crippen LogP contribution in [0.5, 0.6) is 0 Å². The van der Waals surface area contributed by atoms with Crippen molar-refractivity contribution >= 4 is 30.7 Å². The monoisotopic (exact) mass is 425 g/mol. The molecule has 0 heterocycles. The lowest BCUT2D eigenvalue weighted by atomic mass is 10.1. The predicted octanol–water partition coefficient (Wildman–Crippen LogP) is 3.65. The van der Waals surface area contributed by atoms with Crippen LogP contribution in [0.25, 0.3) is 0 Å². The van der Waals surface area contributed by atoms with Gasteiger partial charge in [0.05, 0.1) is 6.61 Å². The van der Waals surface area contributed by atoms with Gasteiger partial charge in [0.2, 0.25) is 0 Å².